The van der Waals surface area contributed by atoms with Crippen LogP contribution < -0.4 is 0 Å². The monoisotopic (exact) mass is 234 g/mol. The van der Waals surface area contributed by atoms with Gasteiger partial charge in [0.15, 0.2) is 6.61 Å². The summed E-state index contributed by atoms with van der Waals surface area (Å²) in [6, 6.07) is 0. The summed E-state index contributed by atoms with van der Waals surface area (Å²) in [5.41, 5.74) is 0. The summed E-state index contributed by atoms with van der Waals surface area (Å²) in [6.07, 6.45) is -0.873. The average Bonchev–Trinajstić information content (AvgIpc) is 2.19. The van der Waals surface area contributed by atoms with Gasteiger partial charge in [0.25, 0.3) is 0 Å². The Morgan fingerprint density at radius 3 is 2.31 bits per heavy atom. The highest BCUT2D eigenvalue weighted by atomic mass is 16.7. The van der Waals surface area contributed by atoms with Gasteiger partial charge in [-0.2, -0.15) is 0 Å². The molecule has 0 aliphatic heterocycles. The van der Waals surface area contributed by atoms with Gasteiger partial charge in [0.1, 0.15) is 0 Å². The maximum absolute atomic E-state index is 10.7. The third-order valence-electron chi connectivity index (χ3n) is 1.46. The Balaban J connectivity index is 3.80. The minimum Gasteiger partial charge on any atom is -0.459 e. The molecule has 0 spiro atoms. The number of hydrogen-bond donors (Lipinski definition) is 0. The van der Waals surface area contributed by atoms with Crippen molar-refractivity contribution in [3.8, 4) is 0 Å². The largest absolute Gasteiger partial charge is 0.459 e. The molecule has 1 unspecified atom stereocenters. The van der Waals surface area contributed by atoms with Crippen LogP contribution in [0.15, 0.2) is 0 Å². The van der Waals surface area contributed by atoms with Crippen molar-refractivity contribution < 1.29 is 28.5 Å². The van der Waals surface area contributed by atoms with Gasteiger partial charge in [-0.1, -0.05) is 0 Å². The van der Waals surface area contributed by atoms with E-state index in [1.54, 1.807) is 0 Å². The fourth-order valence-corrected chi connectivity index (χ4v) is 0.869. The standard InChI is InChI=1S/C10H18O6/c1-4-13-5-6-14-10(16-9(3)12)7-15-8(2)11/h10H,4-7H2,1-3H3. The van der Waals surface area contributed by atoms with Gasteiger partial charge in [-0.3, -0.25) is 9.59 Å². The summed E-state index contributed by atoms with van der Waals surface area (Å²) in [5, 5.41) is 0. The van der Waals surface area contributed by atoms with Gasteiger partial charge in [0.2, 0.25) is 6.29 Å². The van der Waals surface area contributed by atoms with Crippen molar-refractivity contribution in [3.05, 3.63) is 0 Å². The number of ether oxygens (including phenoxy) is 4. The third-order valence-corrected chi connectivity index (χ3v) is 1.46. The first-order valence-electron chi connectivity index (χ1n) is 5.06. The van der Waals surface area contributed by atoms with E-state index in [1.807, 2.05) is 6.92 Å². The lowest BCUT2D eigenvalue weighted by Crippen LogP contribution is -2.28. The molecule has 6 nitrogen and oxygen atoms in total. The maximum atomic E-state index is 10.7. The number of carbonyl (C=O) groups is 2. The number of hydrogen-bond acceptors (Lipinski definition) is 6. The highest BCUT2D eigenvalue weighted by Gasteiger charge is 2.13. The minimum absolute atomic E-state index is 0.110. The molecule has 16 heavy (non-hydrogen) atoms. The highest BCUT2D eigenvalue weighted by molar-refractivity contribution is 5.66. The fraction of sp³-hybridized carbons (Fsp3) is 0.800. The van der Waals surface area contributed by atoms with Crippen LogP contribution in [0.1, 0.15) is 20.8 Å². The summed E-state index contributed by atoms with van der Waals surface area (Å²) < 4.78 is 19.7. The molecule has 0 rings (SSSR count). The van der Waals surface area contributed by atoms with E-state index in [-0.39, 0.29) is 13.2 Å². The quantitative estimate of drug-likeness (QED) is 0.346. The Hall–Kier alpha value is -1.14. The fourth-order valence-electron chi connectivity index (χ4n) is 0.869. The van der Waals surface area contributed by atoms with Crippen LogP contribution in [0.3, 0.4) is 0 Å². The van der Waals surface area contributed by atoms with Gasteiger partial charge < -0.3 is 18.9 Å². The molecule has 94 valence electrons. The van der Waals surface area contributed by atoms with E-state index in [2.05, 4.69) is 4.74 Å². The first kappa shape index (κ1) is 14.9. The predicted octanol–water partition coefficient (Wildman–Crippen LogP) is 0.492. The molecule has 0 aromatic heterocycles. The smallest absolute Gasteiger partial charge is 0.305 e. The molecular weight excluding hydrogens is 216 g/mol. The maximum Gasteiger partial charge on any atom is 0.305 e. The summed E-state index contributed by atoms with van der Waals surface area (Å²) in [6.45, 7) is 5.54. The molecule has 0 radical (unpaired) electrons. The second-order valence-electron chi connectivity index (χ2n) is 2.91. The van der Waals surface area contributed by atoms with Crippen molar-refractivity contribution in [2.75, 3.05) is 26.4 Å². The van der Waals surface area contributed by atoms with Crippen LogP contribution in [0.4, 0.5) is 0 Å². The lowest BCUT2D eigenvalue weighted by molar-refractivity contribution is -0.194. The first-order chi connectivity index (χ1) is 7.56. The molecule has 0 fully saturated rings. The van der Waals surface area contributed by atoms with Crippen molar-refractivity contribution in [1.29, 1.82) is 0 Å². The predicted molar refractivity (Wildman–Crippen MR) is 54.6 cm³/mol. The van der Waals surface area contributed by atoms with Crippen LogP contribution in [-0.4, -0.2) is 44.7 Å². The minimum atomic E-state index is -0.873. The van der Waals surface area contributed by atoms with Gasteiger partial charge in [-0.05, 0) is 6.92 Å². The van der Waals surface area contributed by atoms with Gasteiger partial charge in [-0.15, -0.1) is 0 Å². The SMILES string of the molecule is CCOCCOC(COC(C)=O)OC(C)=O. The Morgan fingerprint density at radius 2 is 1.81 bits per heavy atom. The molecule has 0 amide bonds. The van der Waals surface area contributed by atoms with Crippen LogP contribution in [0, 0.1) is 0 Å². The molecule has 0 aliphatic carbocycles. The van der Waals surface area contributed by atoms with E-state index in [1.165, 1.54) is 13.8 Å². The van der Waals surface area contributed by atoms with Crippen molar-refractivity contribution in [3.63, 3.8) is 0 Å². The van der Waals surface area contributed by atoms with E-state index in [0.29, 0.717) is 13.2 Å². The Morgan fingerprint density at radius 1 is 1.12 bits per heavy atom. The molecule has 0 aromatic carbocycles. The zero-order chi connectivity index (χ0) is 12.4. The number of rotatable bonds is 8. The molecule has 0 N–H and O–H groups in total. The normalized spacial score (nSPS) is 11.9. The van der Waals surface area contributed by atoms with E-state index < -0.39 is 18.2 Å². The molecule has 0 bridgehead atoms. The number of esters is 2. The van der Waals surface area contributed by atoms with Gasteiger partial charge in [0, 0.05) is 20.5 Å². The van der Waals surface area contributed by atoms with Gasteiger partial charge in [0.05, 0.1) is 13.2 Å². The summed E-state index contributed by atoms with van der Waals surface area (Å²) in [4.78, 5) is 21.3. The zero-order valence-corrected chi connectivity index (χ0v) is 9.86. The summed E-state index contributed by atoms with van der Waals surface area (Å²) in [7, 11) is 0. The molecule has 0 saturated carbocycles. The van der Waals surface area contributed by atoms with Gasteiger partial charge in [-0.25, -0.2) is 0 Å². The Bertz CT molecular complexity index is 215. The van der Waals surface area contributed by atoms with E-state index in [0.717, 1.165) is 0 Å². The Labute approximate surface area is 94.8 Å². The highest BCUT2D eigenvalue weighted by Crippen LogP contribution is 1.98. The Kier molecular flexibility index (Phi) is 8.46. The van der Waals surface area contributed by atoms with Crippen LogP contribution in [0.5, 0.6) is 0 Å². The van der Waals surface area contributed by atoms with E-state index in [4.69, 9.17) is 14.2 Å². The number of carbonyl (C=O) groups excluding carboxylic acids is 2. The molecule has 6 heteroatoms. The van der Waals surface area contributed by atoms with Gasteiger partial charge >= 0.3 is 11.9 Å². The van der Waals surface area contributed by atoms with Crippen molar-refractivity contribution in [2.45, 2.75) is 27.1 Å². The molecule has 0 aromatic rings. The second-order valence-corrected chi connectivity index (χ2v) is 2.91. The lowest BCUT2D eigenvalue weighted by atomic mass is 10.6. The van der Waals surface area contributed by atoms with Crippen molar-refractivity contribution >= 4 is 11.9 Å². The molecule has 0 saturated heterocycles. The average molecular weight is 234 g/mol. The van der Waals surface area contributed by atoms with Crippen LogP contribution in [0.25, 0.3) is 0 Å². The topological polar surface area (TPSA) is 71.1 Å². The molecule has 1 atom stereocenters. The summed E-state index contributed by atoms with van der Waals surface area (Å²) >= 11 is 0. The van der Waals surface area contributed by atoms with E-state index >= 15 is 0 Å². The second kappa shape index (κ2) is 9.11. The molecule has 0 heterocycles. The lowest BCUT2D eigenvalue weighted by Gasteiger charge is -2.17. The van der Waals surface area contributed by atoms with Crippen LogP contribution in [0.2, 0.25) is 0 Å². The summed E-state index contributed by atoms with van der Waals surface area (Å²) in [5.74, 6) is -0.945. The zero-order valence-electron chi connectivity index (χ0n) is 9.86. The molecular formula is C10H18O6. The van der Waals surface area contributed by atoms with Crippen LogP contribution in [-0.2, 0) is 28.5 Å². The van der Waals surface area contributed by atoms with Crippen LogP contribution >= 0.6 is 0 Å². The first-order valence-corrected chi connectivity index (χ1v) is 5.06. The van der Waals surface area contributed by atoms with Crippen molar-refractivity contribution in [1.82, 2.24) is 0 Å². The van der Waals surface area contributed by atoms with E-state index in [9.17, 15) is 9.59 Å². The third kappa shape index (κ3) is 9.42. The van der Waals surface area contributed by atoms with Crippen molar-refractivity contribution in [2.24, 2.45) is 0 Å². The molecule has 0 aliphatic rings.